The van der Waals surface area contributed by atoms with Crippen LogP contribution in [0.3, 0.4) is 0 Å². The number of likely N-dealkylation sites (tertiary alicyclic amines) is 1. The Balaban J connectivity index is 1.42. The van der Waals surface area contributed by atoms with E-state index in [0.29, 0.717) is 36.8 Å². The molecule has 166 valence electrons. The van der Waals surface area contributed by atoms with E-state index in [1.807, 2.05) is 67.3 Å². The first-order chi connectivity index (χ1) is 15.5. The number of aryl methyl sites for hydroxylation is 1. The molecule has 1 aliphatic rings. The van der Waals surface area contributed by atoms with Gasteiger partial charge in [-0.3, -0.25) is 9.59 Å². The van der Waals surface area contributed by atoms with Gasteiger partial charge in [-0.25, -0.2) is 0 Å². The van der Waals surface area contributed by atoms with Crippen LogP contribution in [0.4, 0.5) is 5.69 Å². The van der Waals surface area contributed by atoms with Crippen LogP contribution in [0.15, 0.2) is 53.1 Å². The Kier molecular flexibility index (Phi) is 6.63. The van der Waals surface area contributed by atoms with Crippen molar-refractivity contribution < 1.29 is 14.1 Å². The molecule has 1 fully saturated rings. The van der Waals surface area contributed by atoms with E-state index in [9.17, 15) is 9.59 Å². The normalized spacial score (nSPS) is 16.1. The summed E-state index contributed by atoms with van der Waals surface area (Å²) in [4.78, 5) is 31.0. The molecule has 0 spiro atoms. The first-order valence-electron chi connectivity index (χ1n) is 11.1. The van der Waals surface area contributed by atoms with E-state index in [2.05, 4.69) is 15.5 Å². The molecule has 2 amide bonds. The lowest BCUT2D eigenvalue weighted by Gasteiger charge is -2.31. The zero-order chi connectivity index (χ0) is 22.5. The van der Waals surface area contributed by atoms with Gasteiger partial charge in [-0.05, 0) is 37.5 Å². The van der Waals surface area contributed by atoms with Crippen molar-refractivity contribution in [1.82, 2.24) is 15.0 Å². The number of carbonyl (C=O) groups excluding carboxylic acids is 2. The first-order valence-corrected chi connectivity index (χ1v) is 11.1. The van der Waals surface area contributed by atoms with Crippen LogP contribution in [0.25, 0.3) is 11.4 Å². The van der Waals surface area contributed by atoms with E-state index < -0.39 is 0 Å². The molecule has 1 aliphatic heterocycles. The maximum absolute atomic E-state index is 12.8. The number of aromatic nitrogens is 2. The highest BCUT2D eigenvalue weighted by atomic mass is 16.5. The zero-order valence-corrected chi connectivity index (χ0v) is 18.5. The van der Waals surface area contributed by atoms with Gasteiger partial charge in [-0.2, -0.15) is 4.98 Å². The van der Waals surface area contributed by atoms with E-state index in [1.54, 1.807) is 0 Å². The van der Waals surface area contributed by atoms with Crippen LogP contribution in [0.5, 0.6) is 0 Å². The van der Waals surface area contributed by atoms with Crippen LogP contribution < -0.4 is 5.32 Å². The molecular weight excluding hydrogens is 404 g/mol. The molecule has 7 nitrogen and oxygen atoms in total. The summed E-state index contributed by atoms with van der Waals surface area (Å²) in [6.45, 7) is 5.18. The number of hydrogen-bond donors (Lipinski definition) is 1. The van der Waals surface area contributed by atoms with Crippen molar-refractivity contribution in [3.05, 3.63) is 65.5 Å². The van der Waals surface area contributed by atoms with Crippen molar-refractivity contribution in [2.24, 2.45) is 0 Å². The summed E-state index contributed by atoms with van der Waals surface area (Å²) in [5.41, 5.74) is 3.69. The van der Waals surface area contributed by atoms with Crippen LogP contribution in [-0.4, -0.2) is 39.9 Å². The highest BCUT2D eigenvalue weighted by molar-refractivity contribution is 5.91. The van der Waals surface area contributed by atoms with E-state index in [-0.39, 0.29) is 17.7 Å². The number of carbonyl (C=O) groups is 2. The third-order valence-corrected chi connectivity index (χ3v) is 5.77. The van der Waals surface area contributed by atoms with Gasteiger partial charge in [0.15, 0.2) is 0 Å². The molecule has 0 aliphatic carbocycles. The van der Waals surface area contributed by atoms with Gasteiger partial charge >= 0.3 is 0 Å². The zero-order valence-electron chi connectivity index (χ0n) is 18.5. The number of nitrogens with one attached hydrogen (secondary N) is 1. The standard InChI is InChI=1S/C25H28N4O3/c1-3-22(30)26-21-8-4-6-19(15-21)24-27-25(32-28-24)20-7-5-13-29(16-20)23(31)14-18-11-9-17(2)10-12-18/h4,6,8-12,15,20H,3,5,7,13-14,16H2,1-2H3,(H,26,30). The summed E-state index contributed by atoms with van der Waals surface area (Å²) in [6, 6.07) is 15.5. The lowest BCUT2D eigenvalue weighted by Crippen LogP contribution is -2.40. The van der Waals surface area contributed by atoms with Gasteiger partial charge in [0.1, 0.15) is 0 Å². The van der Waals surface area contributed by atoms with Crippen LogP contribution >= 0.6 is 0 Å². The third-order valence-electron chi connectivity index (χ3n) is 5.77. The monoisotopic (exact) mass is 432 g/mol. The number of anilines is 1. The fraction of sp³-hybridized carbons (Fsp3) is 0.360. The van der Waals surface area contributed by atoms with Gasteiger partial charge in [-0.1, -0.05) is 54.0 Å². The first kappa shape index (κ1) is 21.7. The molecule has 7 heteroatoms. The van der Waals surface area contributed by atoms with E-state index in [1.165, 1.54) is 5.56 Å². The molecule has 2 aromatic carbocycles. The topological polar surface area (TPSA) is 88.3 Å². The predicted molar refractivity (Wildman–Crippen MR) is 122 cm³/mol. The summed E-state index contributed by atoms with van der Waals surface area (Å²) in [5.74, 6) is 1.13. The lowest BCUT2D eigenvalue weighted by molar-refractivity contribution is -0.131. The summed E-state index contributed by atoms with van der Waals surface area (Å²) in [5, 5.41) is 6.99. The quantitative estimate of drug-likeness (QED) is 0.626. The number of rotatable bonds is 6. The van der Waals surface area contributed by atoms with Crippen LogP contribution in [0.1, 0.15) is 49.1 Å². The molecular formula is C25H28N4O3. The number of amides is 2. The molecule has 1 aromatic heterocycles. The fourth-order valence-electron chi connectivity index (χ4n) is 3.90. The van der Waals surface area contributed by atoms with Gasteiger partial charge in [0.25, 0.3) is 0 Å². The Hall–Kier alpha value is -3.48. The molecule has 0 bridgehead atoms. The molecule has 2 heterocycles. The molecule has 1 unspecified atom stereocenters. The van der Waals surface area contributed by atoms with E-state index in [0.717, 1.165) is 30.5 Å². The average Bonchev–Trinajstić information content (AvgIpc) is 3.31. The second-order valence-electron chi connectivity index (χ2n) is 8.28. The Morgan fingerprint density at radius 3 is 2.78 bits per heavy atom. The molecule has 3 aromatic rings. The number of hydrogen-bond acceptors (Lipinski definition) is 5. The highest BCUT2D eigenvalue weighted by Gasteiger charge is 2.28. The lowest BCUT2D eigenvalue weighted by atomic mass is 9.97. The van der Waals surface area contributed by atoms with Gasteiger partial charge in [0.2, 0.25) is 23.5 Å². The van der Waals surface area contributed by atoms with Gasteiger partial charge in [0, 0.05) is 30.8 Å². The summed E-state index contributed by atoms with van der Waals surface area (Å²) >= 11 is 0. The van der Waals surface area contributed by atoms with Crippen LogP contribution in [-0.2, 0) is 16.0 Å². The molecule has 0 radical (unpaired) electrons. The minimum absolute atomic E-state index is 0.0231. The SMILES string of the molecule is CCC(=O)Nc1cccc(-c2noc(C3CCCN(C(=O)Cc4ccc(C)cc4)C3)n2)c1. The number of benzene rings is 2. The minimum Gasteiger partial charge on any atom is -0.342 e. The second kappa shape index (κ2) is 9.77. The fourth-order valence-corrected chi connectivity index (χ4v) is 3.90. The van der Waals surface area contributed by atoms with E-state index in [4.69, 9.17) is 4.52 Å². The Morgan fingerprint density at radius 1 is 1.19 bits per heavy atom. The van der Waals surface area contributed by atoms with Crippen LogP contribution in [0.2, 0.25) is 0 Å². The van der Waals surface area contributed by atoms with Crippen molar-refractivity contribution >= 4 is 17.5 Å². The largest absolute Gasteiger partial charge is 0.342 e. The molecule has 0 saturated carbocycles. The number of nitrogens with zero attached hydrogens (tertiary/aromatic N) is 3. The minimum atomic E-state index is -0.0476. The highest BCUT2D eigenvalue weighted by Crippen LogP contribution is 2.28. The second-order valence-corrected chi connectivity index (χ2v) is 8.28. The molecule has 32 heavy (non-hydrogen) atoms. The predicted octanol–water partition coefficient (Wildman–Crippen LogP) is 4.34. The van der Waals surface area contributed by atoms with Gasteiger partial charge in [0.05, 0.1) is 12.3 Å². The van der Waals surface area contributed by atoms with Crippen LogP contribution in [0, 0.1) is 6.92 Å². The molecule has 1 saturated heterocycles. The number of piperidine rings is 1. The molecule has 4 rings (SSSR count). The maximum Gasteiger partial charge on any atom is 0.231 e. The summed E-state index contributed by atoms with van der Waals surface area (Å²) < 4.78 is 5.57. The van der Waals surface area contributed by atoms with Crippen molar-refractivity contribution in [1.29, 1.82) is 0 Å². The molecule has 1 atom stereocenters. The van der Waals surface area contributed by atoms with Crippen molar-refractivity contribution in [2.75, 3.05) is 18.4 Å². The Morgan fingerprint density at radius 2 is 2.00 bits per heavy atom. The summed E-state index contributed by atoms with van der Waals surface area (Å²) in [7, 11) is 0. The smallest absolute Gasteiger partial charge is 0.231 e. The Bertz CT molecular complexity index is 1090. The van der Waals surface area contributed by atoms with Crippen molar-refractivity contribution in [3.8, 4) is 11.4 Å². The van der Waals surface area contributed by atoms with Gasteiger partial charge in [-0.15, -0.1) is 0 Å². The van der Waals surface area contributed by atoms with E-state index >= 15 is 0 Å². The molecule has 1 N–H and O–H groups in total. The summed E-state index contributed by atoms with van der Waals surface area (Å²) in [6.07, 6.45) is 2.62. The third kappa shape index (κ3) is 5.22. The van der Waals surface area contributed by atoms with Gasteiger partial charge < -0.3 is 14.7 Å². The average molecular weight is 433 g/mol. The van der Waals surface area contributed by atoms with Crippen molar-refractivity contribution in [3.63, 3.8) is 0 Å². The maximum atomic E-state index is 12.8. The van der Waals surface area contributed by atoms with Crippen molar-refractivity contribution in [2.45, 2.75) is 45.4 Å². The Labute approximate surface area is 187 Å².